The summed E-state index contributed by atoms with van der Waals surface area (Å²) in [7, 11) is 1.59. The number of hydrogen-bond acceptors (Lipinski definition) is 2. The molecule has 1 aliphatic rings. The second kappa shape index (κ2) is 4.92. The maximum atomic E-state index is 11.8. The molecule has 18 heavy (non-hydrogen) atoms. The summed E-state index contributed by atoms with van der Waals surface area (Å²) in [5, 5.41) is 9.68. The lowest BCUT2D eigenvalue weighted by molar-refractivity contribution is -0.143. The average Bonchev–Trinajstić information content (AvgIpc) is 2.82. The number of rotatable bonds is 3. The van der Waals surface area contributed by atoms with E-state index >= 15 is 0 Å². The van der Waals surface area contributed by atoms with Crippen LogP contribution in [-0.4, -0.2) is 18.2 Å². The van der Waals surface area contributed by atoms with Crippen molar-refractivity contribution in [2.45, 2.75) is 38.0 Å². The molecule has 4 heteroatoms. The molecule has 2 rings (SSSR count). The van der Waals surface area contributed by atoms with Crippen LogP contribution in [0.25, 0.3) is 0 Å². The number of aliphatic carboxylic acids is 1. The highest BCUT2D eigenvalue weighted by Gasteiger charge is 2.46. The molecule has 0 spiro atoms. The highest BCUT2D eigenvalue weighted by atomic mass is 79.9. The second-order valence-electron chi connectivity index (χ2n) is 4.87. The minimum absolute atomic E-state index is 0.666. The van der Waals surface area contributed by atoms with Gasteiger partial charge in [-0.05, 0) is 47.3 Å². The predicted molar refractivity (Wildman–Crippen MR) is 73.2 cm³/mol. The molecule has 0 aromatic heterocycles. The van der Waals surface area contributed by atoms with Crippen LogP contribution in [0.5, 0.6) is 5.75 Å². The van der Waals surface area contributed by atoms with Crippen molar-refractivity contribution >= 4 is 21.9 Å². The first-order valence-electron chi connectivity index (χ1n) is 6.10. The van der Waals surface area contributed by atoms with Crippen LogP contribution < -0.4 is 4.74 Å². The molecule has 0 bridgehead atoms. The van der Waals surface area contributed by atoms with Gasteiger partial charge in [0, 0.05) is 5.56 Å². The lowest BCUT2D eigenvalue weighted by atomic mass is 9.76. The number of carboxylic acid groups (broad SMARTS) is 1. The van der Waals surface area contributed by atoms with Crippen LogP contribution in [0.4, 0.5) is 0 Å². The fraction of sp³-hybridized carbons (Fsp3) is 0.500. The van der Waals surface area contributed by atoms with E-state index in [1.807, 2.05) is 19.1 Å². The summed E-state index contributed by atoms with van der Waals surface area (Å²) >= 11 is 3.44. The van der Waals surface area contributed by atoms with Gasteiger partial charge in [-0.25, -0.2) is 0 Å². The molecule has 0 amide bonds. The molecule has 1 fully saturated rings. The van der Waals surface area contributed by atoms with Crippen LogP contribution in [0.3, 0.4) is 0 Å². The highest BCUT2D eigenvalue weighted by Crippen LogP contribution is 2.48. The maximum absolute atomic E-state index is 11.8. The van der Waals surface area contributed by atoms with Crippen molar-refractivity contribution in [3.8, 4) is 5.75 Å². The summed E-state index contributed by atoms with van der Waals surface area (Å²) < 4.78 is 6.25. The first kappa shape index (κ1) is 13.4. The molecule has 0 saturated heterocycles. The van der Waals surface area contributed by atoms with Crippen molar-refractivity contribution in [2.75, 3.05) is 7.11 Å². The van der Waals surface area contributed by atoms with Crippen molar-refractivity contribution in [3.63, 3.8) is 0 Å². The molecular weight excluding hydrogens is 296 g/mol. The molecular formula is C14H17BrO3. The Balaban J connectivity index is 2.68. The minimum Gasteiger partial charge on any atom is -0.495 e. The molecule has 0 aliphatic heterocycles. The second-order valence-corrected chi connectivity index (χ2v) is 5.72. The molecule has 0 atom stereocenters. The third-order valence-electron chi connectivity index (χ3n) is 3.87. The fourth-order valence-corrected chi connectivity index (χ4v) is 3.49. The average molecular weight is 313 g/mol. The standard InChI is InChI=1S/C14H17BrO3/c1-9-5-6-10(15)12(18-2)11(9)14(13(16)17)7-3-4-8-14/h5-6H,3-4,7-8H2,1-2H3,(H,16,17). The number of halogens is 1. The molecule has 1 aromatic carbocycles. The molecule has 3 nitrogen and oxygen atoms in total. The molecule has 1 aliphatic carbocycles. The third-order valence-corrected chi connectivity index (χ3v) is 4.49. The summed E-state index contributed by atoms with van der Waals surface area (Å²) in [6.45, 7) is 1.95. The van der Waals surface area contributed by atoms with Crippen molar-refractivity contribution in [3.05, 3.63) is 27.7 Å². The van der Waals surface area contributed by atoms with Gasteiger partial charge in [0.25, 0.3) is 0 Å². The monoisotopic (exact) mass is 312 g/mol. The number of carbonyl (C=O) groups is 1. The van der Waals surface area contributed by atoms with Crippen LogP contribution >= 0.6 is 15.9 Å². The van der Waals surface area contributed by atoms with Gasteiger partial charge in [0.05, 0.1) is 17.0 Å². The van der Waals surface area contributed by atoms with Gasteiger partial charge < -0.3 is 9.84 Å². The Kier molecular flexibility index (Phi) is 3.66. The van der Waals surface area contributed by atoms with E-state index in [1.165, 1.54) is 0 Å². The van der Waals surface area contributed by atoms with Crippen LogP contribution in [0, 0.1) is 6.92 Å². The van der Waals surface area contributed by atoms with Gasteiger partial charge >= 0.3 is 5.97 Å². The van der Waals surface area contributed by atoms with Crippen molar-refractivity contribution in [1.29, 1.82) is 0 Å². The Morgan fingerprint density at radius 2 is 2.00 bits per heavy atom. The van der Waals surface area contributed by atoms with Gasteiger partial charge in [0.1, 0.15) is 5.75 Å². The van der Waals surface area contributed by atoms with Gasteiger partial charge in [0.15, 0.2) is 0 Å². The molecule has 1 N–H and O–H groups in total. The van der Waals surface area contributed by atoms with Crippen LogP contribution in [0.1, 0.15) is 36.8 Å². The van der Waals surface area contributed by atoms with Crippen molar-refractivity contribution in [2.24, 2.45) is 0 Å². The molecule has 0 unspecified atom stereocenters. The third kappa shape index (κ3) is 1.92. The summed E-state index contributed by atoms with van der Waals surface area (Å²) in [6.07, 6.45) is 3.30. The highest BCUT2D eigenvalue weighted by molar-refractivity contribution is 9.10. The van der Waals surface area contributed by atoms with E-state index in [1.54, 1.807) is 7.11 Å². The lowest BCUT2D eigenvalue weighted by Gasteiger charge is -2.28. The number of hydrogen-bond donors (Lipinski definition) is 1. The van der Waals surface area contributed by atoms with E-state index in [4.69, 9.17) is 4.74 Å². The van der Waals surface area contributed by atoms with E-state index in [0.29, 0.717) is 18.6 Å². The minimum atomic E-state index is -0.779. The van der Waals surface area contributed by atoms with Gasteiger partial charge in [-0.2, -0.15) is 0 Å². The maximum Gasteiger partial charge on any atom is 0.314 e. The van der Waals surface area contributed by atoms with Crippen molar-refractivity contribution < 1.29 is 14.6 Å². The Hall–Kier alpha value is -1.03. The number of aryl methyl sites for hydroxylation is 1. The normalized spacial score (nSPS) is 17.7. The number of methoxy groups -OCH3 is 1. The molecule has 1 aromatic rings. The van der Waals surface area contributed by atoms with E-state index in [9.17, 15) is 9.90 Å². The Labute approximate surface area is 115 Å². The first-order chi connectivity index (χ1) is 8.53. The summed E-state index contributed by atoms with van der Waals surface area (Å²) in [5.74, 6) is -0.0706. The molecule has 98 valence electrons. The van der Waals surface area contributed by atoms with Crippen LogP contribution in [0.2, 0.25) is 0 Å². The van der Waals surface area contributed by atoms with Gasteiger partial charge in [-0.1, -0.05) is 18.9 Å². The molecule has 1 saturated carbocycles. The van der Waals surface area contributed by atoms with Crippen molar-refractivity contribution in [1.82, 2.24) is 0 Å². The Bertz CT molecular complexity index is 476. The van der Waals surface area contributed by atoms with E-state index in [2.05, 4.69) is 15.9 Å². The van der Waals surface area contributed by atoms with E-state index < -0.39 is 11.4 Å². The van der Waals surface area contributed by atoms with Crippen LogP contribution in [-0.2, 0) is 10.2 Å². The topological polar surface area (TPSA) is 46.5 Å². The SMILES string of the molecule is COc1c(Br)ccc(C)c1C1(C(=O)O)CCCC1. The van der Waals surface area contributed by atoms with E-state index in [0.717, 1.165) is 28.4 Å². The fourth-order valence-electron chi connectivity index (χ4n) is 3.00. The molecule has 0 radical (unpaired) electrons. The summed E-state index contributed by atoms with van der Waals surface area (Å²) in [5.41, 5.74) is 1.04. The summed E-state index contributed by atoms with van der Waals surface area (Å²) in [4.78, 5) is 11.8. The first-order valence-corrected chi connectivity index (χ1v) is 6.89. The van der Waals surface area contributed by atoms with E-state index in [-0.39, 0.29) is 0 Å². The molecule has 0 heterocycles. The largest absolute Gasteiger partial charge is 0.495 e. The lowest BCUT2D eigenvalue weighted by Crippen LogP contribution is -2.34. The van der Waals surface area contributed by atoms with Gasteiger partial charge in [-0.15, -0.1) is 0 Å². The number of benzene rings is 1. The Morgan fingerprint density at radius 3 is 2.50 bits per heavy atom. The number of ether oxygens (including phenoxy) is 1. The number of carboxylic acids is 1. The van der Waals surface area contributed by atoms with Crippen LogP contribution in [0.15, 0.2) is 16.6 Å². The predicted octanol–water partition coefficient (Wildman–Crippen LogP) is 3.66. The van der Waals surface area contributed by atoms with Gasteiger partial charge in [-0.3, -0.25) is 4.79 Å². The Morgan fingerprint density at radius 1 is 1.39 bits per heavy atom. The van der Waals surface area contributed by atoms with Gasteiger partial charge in [0.2, 0.25) is 0 Å². The smallest absolute Gasteiger partial charge is 0.314 e. The zero-order valence-electron chi connectivity index (χ0n) is 10.6. The zero-order valence-corrected chi connectivity index (χ0v) is 12.2. The quantitative estimate of drug-likeness (QED) is 0.926. The summed E-state index contributed by atoms with van der Waals surface area (Å²) in [6, 6.07) is 3.85. The zero-order chi connectivity index (χ0) is 13.3.